The van der Waals surface area contributed by atoms with Gasteiger partial charge in [0.25, 0.3) is 10.7 Å². The van der Waals surface area contributed by atoms with Gasteiger partial charge in [0.15, 0.2) is 17.4 Å². The van der Waals surface area contributed by atoms with Crippen molar-refractivity contribution in [3.63, 3.8) is 0 Å². The summed E-state index contributed by atoms with van der Waals surface area (Å²) in [6, 6.07) is 0. The van der Waals surface area contributed by atoms with Crippen molar-refractivity contribution in [1.29, 1.82) is 0 Å². The molecule has 3 heterocycles. The highest BCUT2D eigenvalue weighted by atomic mass is 35.5. The average Bonchev–Trinajstić information content (AvgIpc) is 2.91. The van der Waals surface area contributed by atoms with Crippen LogP contribution in [0.2, 0.25) is 0 Å². The Kier molecular flexibility index (Phi) is 3.13. The summed E-state index contributed by atoms with van der Waals surface area (Å²) in [6.45, 7) is -0.626. The number of nitrogens with two attached hydrogens (primary N) is 1. The number of hydrogen-bond acceptors (Lipinski definition) is 7. The number of alkyl halides is 2. The molecule has 0 aliphatic carbocycles. The molecule has 2 aromatic heterocycles. The molecular weight excluding hydrogens is 309 g/mol. The number of hydrogen-bond donors (Lipinski definition) is 4. The van der Waals surface area contributed by atoms with Crippen molar-refractivity contribution in [1.82, 2.24) is 19.5 Å². The molecular formula is C10H11ClFN5O4. The number of aromatic amines is 1. The van der Waals surface area contributed by atoms with Crippen molar-refractivity contribution in [3.8, 4) is 0 Å². The Morgan fingerprint density at radius 1 is 1.67 bits per heavy atom. The molecule has 1 saturated heterocycles. The highest BCUT2D eigenvalue weighted by molar-refractivity contribution is 6.23. The molecule has 0 spiro atoms. The van der Waals surface area contributed by atoms with E-state index in [1.165, 1.54) is 0 Å². The van der Waals surface area contributed by atoms with Gasteiger partial charge in [-0.05, 0) is 0 Å². The smallest absolute Gasteiger partial charge is 0.280 e. The lowest BCUT2D eigenvalue weighted by molar-refractivity contribution is -0.0482. The van der Waals surface area contributed by atoms with Crippen LogP contribution in [-0.4, -0.2) is 53.7 Å². The first kappa shape index (κ1) is 14.2. The highest BCUT2D eigenvalue weighted by Crippen LogP contribution is 2.45. The molecule has 1 aliphatic heterocycles. The van der Waals surface area contributed by atoms with Crippen molar-refractivity contribution in [2.45, 2.75) is 23.6 Å². The van der Waals surface area contributed by atoms with Gasteiger partial charge in [0.2, 0.25) is 5.95 Å². The minimum absolute atomic E-state index is 0.0466. The van der Waals surface area contributed by atoms with E-state index in [0.29, 0.717) is 0 Å². The maximum atomic E-state index is 14.5. The number of halogens is 2. The molecule has 0 aromatic carbocycles. The Bertz CT molecular complexity index is 747. The van der Waals surface area contributed by atoms with Crippen LogP contribution >= 0.6 is 11.6 Å². The van der Waals surface area contributed by atoms with Gasteiger partial charge in [-0.3, -0.25) is 14.3 Å². The molecule has 3 rings (SSSR count). The molecule has 0 amide bonds. The van der Waals surface area contributed by atoms with Gasteiger partial charge in [-0.15, -0.1) is 0 Å². The van der Waals surface area contributed by atoms with E-state index in [4.69, 9.17) is 27.2 Å². The Morgan fingerprint density at radius 3 is 3.00 bits per heavy atom. The van der Waals surface area contributed by atoms with Crippen molar-refractivity contribution >= 4 is 28.7 Å². The Hall–Kier alpha value is -1.75. The molecule has 21 heavy (non-hydrogen) atoms. The van der Waals surface area contributed by atoms with Crippen molar-refractivity contribution in [2.75, 3.05) is 12.3 Å². The summed E-state index contributed by atoms with van der Waals surface area (Å²) in [6.07, 6.45) is -3.40. The summed E-state index contributed by atoms with van der Waals surface area (Å²) in [7, 11) is 0. The van der Waals surface area contributed by atoms with Crippen LogP contribution in [-0.2, 0) is 4.74 Å². The van der Waals surface area contributed by atoms with E-state index in [0.717, 1.165) is 10.9 Å². The number of anilines is 1. The fourth-order valence-electron chi connectivity index (χ4n) is 2.23. The number of rotatable bonds is 2. The van der Waals surface area contributed by atoms with Gasteiger partial charge in [-0.25, -0.2) is 9.37 Å². The number of nitrogen functional groups attached to an aromatic ring is 1. The first-order valence-electron chi connectivity index (χ1n) is 5.90. The first-order chi connectivity index (χ1) is 9.86. The number of aliphatic hydroxyl groups is 2. The maximum absolute atomic E-state index is 14.5. The molecule has 1 fully saturated rings. The number of aliphatic hydroxyl groups excluding tert-OH is 2. The summed E-state index contributed by atoms with van der Waals surface area (Å²) in [5, 5.41) is 16.1. The summed E-state index contributed by atoms with van der Waals surface area (Å²) < 4.78 is 20.7. The van der Waals surface area contributed by atoms with Gasteiger partial charge in [0.1, 0.15) is 12.2 Å². The van der Waals surface area contributed by atoms with E-state index < -0.39 is 35.7 Å². The molecule has 4 unspecified atom stereocenters. The monoisotopic (exact) mass is 319 g/mol. The van der Waals surface area contributed by atoms with E-state index in [9.17, 15) is 14.3 Å². The van der Waals surface area contributed by atoms with E-state index in [1.54, 1.807) is 0 Å². The number of aromatic nitrogens is 4. The number of H-pyrrole nitrogens is 1. The second kappa shape index (κ2) is 4.63. The Morgan fingerprint density at radius 2 is 2.38 bits per heavy atom. The lowest BCUT2D eigenvalue weighted by Gasteiger charge is -2.22. The number of nitrogens with one attached hydrogen (secondary N) is 1. The van der Waals surface area contributed by atoms with Crippen molar-refractivity contribution in [2.24, 2.45) is 0 Å². The highest BCUT2D eigenvalue weighted by Gasteiger charge is 2.57. The lowest BCUT2D eigenvalue weighted by Crippen LogP contribution is -2.38. The second-order valence-electron chi connectivity index (χ2n) is 4.60. The SMILES string of the molecule is Nc1nc2c(ncn2C2OC(CO)C(O)C2(F)Cl)c(=O)[nH]1. The van der Waals surface area contributed by atoms with Gasteiger partial charge < -0.3 is 20.7 Å². The Labute approximate surface area is 121 Å². The Balaban J connectivity index is 2.15. The minimum Gasteiger partial charge on any atom is -0.394 e. The molecule has 4 atom stereocenters. The van der Waals surface area contributed by atoms with E-state index in [-0.39, 0.29) is 17.1 Å². The van der Waals surface area contributed by atoms with Crippen LogP contribution < -0.4 is 11.3 Å². The molecule has 114 valence electrons. The van der Waals surface area contributed by atoms with Crippen LogP contribution in [0.4, 0.5) is 10.3 Å². The van der Waals surface area contributed by atoms with Gasteiger partial charge in [-0.2, -0.15) is 4.98 Å². The van der Waals surface area contributed by atoms with Crippen LogP contribution in [0.1, 0.15) is 6.23 Å². The van der Waals surface area contributed by atoms with Crippen molar-refractivity contribution < 1.29 is 19.3 Å². The number of fused-ring (bicyclic) bond motifs is 1. The average molecular weight is 320 g/mol. The molecule has 0 saturated carbocycles. The minimum atomic E-state index is -2.72. The maximum Gasteiger partial charge on any atom is 0.280 e. The summed E-state index contributed by atoms with van der Waals surface area (Å²) in [4.78, 5) is 21.6. The number of ether oxygens (including phenoxy) is 1. The third-order valence-corrected chi connectivity index (χ3v) is 3.67. The fraction of sp³-hybridized carbons (Fsp3) is 0.500. The topological polar surface area (TPSA) is 139 Å². The summed E-state index contributed by atoms with van der Waals surface area (Å²) in [5.41, 5.74) is 4.70. The first-order valence-corrected chi connectivity index (χ1v) is 6.28. The molecule has 0 bridgehead atoms. The lowest BCUT2D eigenvalue weighted by atomic mass is 10.1. The second-order valence-corrected chi connectivity index (χ2v) is 5.18. The van der Waals surface area contributed by atoms with Gasteiger partial charge in [-0.1, -0.05) is 11.6 Å². The molecule has 9 nitrogen and oxygen atoms in total. The zero-order chi connectivity index (χ0) is 15.4. The quantitative estimate of drug-likeness (QED) is 0.513. The third-order valence-electron chi connectivity index (χ3n) is 3.26. The zero-order valence-electron chi connectivity index (χ0n) is 10.4. The zero-order valence-corrected chi connectivity index (χ0v) is 11.2. The summed E-state index contributed by atoms with van der Waals surface area (Å²) >= 11 is 5.68. The molecule has 2 aromatic rings. The molecule has 0 radical (unpaired) electrons. The van der Waals surface area contributed by atoms with E-state index >= 15 is 0 Å². The van der Waals surface area contributed by atoms with Crippen LogP contribution in [0, 0.1) is 0 Å². The van der Waals surface area contributed by atoms with Crippen LogP contribution in [0.15, 0.2) is 11.1 Å². The van der Waals surface area contributed by atoms with Crippen molar-refractivity contribution in [3.05, 3.63) is 16.7 Å². The normalized spacial score (nSPS) is 32.9. The molecule has 5 N–H and O–H groups in total. The van der Waals surface area contributed by atoms with Crippen LogP contribution in [0.25, 0.3) is 11.2 Å². The van der Waals surface area contributed by atoms with Crippen LogP contribution in [0.5, 0.6) is 0 Å². The number of imidazole rings is 1. The van der Waals surface area contributed by atoms with E-state index in [2.05, 4.69) is 15.0 Å². The molecule has 11 heteroatoms. The predicted octanol–water partition coefficient (Wildman–Crippen LogP) is -1.14. The molecule has 1 aliphatic rings. The largest absolute Gasteiger partial charge is 0.394 e. The third kappa shape index (κ3) is 1.99. The van der Waals surface area contributed by atoms with E-state index in [1.807, 2.05) is 0 Å². The standard InChI is InChI=1S/C10H11ClFN5O4/c11-10(12)5(19)3(1-18)21-8(10)17-2-14-4-6(17)15-9(13)16-7(4)20/h2-3,5,8,18-19H,1H2,(H3,13,15,16,20). The number of nitrogens with zero attached hydrogens (tertiary/aromatic N) is 3. The van der Waals surface area contributed by atoms with Gasteiger partial charge in [0, 0.05) is 0 Å². The predicted molar refractivity (Wildman–Crippen MR) is 69.3 cm³/mol. The van der Waals surface area contributed by atoms with Gasteiger partial charge >= 0.3 is 0 Å². The summed E-state index contributed by atoms with van der Waals surface area (Å²) in [5.74, 6) is -0.189. The fourth-order valence-corrected chi connectivity index (χ4v) is 2.53. The van der Waals surface area contributed by atoms with Gasteiger partial charge in [0.05, 0.1) is 12.9 Å². The van der Waals surface area contributed by atoms with Crippen LogP contribution in [0.3, 0.4) is 0 Å².